The predicted molar refractivity (Wildman–Crippen MR) is 112 cm³/mol. The van der Waals surface area contributed by atoms with Crippen LogP contribution in [-0.4, -0.2) is 31.7 Å². The van der Waals surface area contributed by atoms with Gasteiger partial charge in [0, 0.05) is 22.7 Å². The third-order valence-electron chi connectivity index (χ3n) is 4.37. The van der Waals surface area contributed by atoms with E-state index < -0.39 is 11.8 Å². The van der Waals surface area contributed by atoms with Crippen molar-refractivity contribution in [3.63, 3.8) is 0 Å². The summed E-state index contributed by atoms with van der Waals surface area (Å²) in [5, 5.41) is 8.45. The number of carbonyl (C=O) groups is 2. The molecule has 0 radical (unpaired) electrons. The van der Waals surface area contributed by atoms with Gasteiger partial charge in [-0.1, -0.05) is 36.4 Å². The highest BCUT2D eigenvalue weighted by Gasteiger charge is 2.15. The minimum absolute atomic E-state index is 0.482. The lowest BCUT2D eigenvalue weighted by Crippen LogP contribution is -2.33. The summed E-state index contributed by atoms with van der Waals surface area (Å²) in [5.41, 5.74) is 3.99. The van der Waals surface area contributed by atoms with Gasteiger partial charge in [0.05, 0.1) is 19.9 Å². The van der Waals surface area contributed by atoms with Crippen LogP contribution in [0.5, 0.6) is 11.5 Å². The van der Waals surface area contributed by atoms with E-state index in [0.29, 0.717) is 28.5 Å². The van der Waals surface area contributed by atoms with Crippen LogP contribution in [0.2, 0.25) is 0 Å². The van der Waals surface area contributed by atoms with Crippen molar-refractivity contribution < 1.29 is 19.1 Å². The number of benzene rings is 3. The number of carbonyl (C=O) groups excluding carboxylic acids is 2. The molecule has 0 unspecified atom stereocenters. The Labute approximate surface area is 168 Å². The molecule has 29 heavy (non-hydrogen) atoms. The van der Waals surface area contributed by atoms with Gasteiger partial charge in [-0.05, 0) is 30.5 Å². The van der Waals surface area contributed by atoms with Gasteiger partial charge < -0.3 is 14.8 Å². The number of nitrogens with zero attached hydrogens (tertiary/aromatic N) is 1. The molecule has 0 heterocycles. The maximum absolute atomic E-state index is 12.3. The Kier molecular flexibility index (Phi) is 6.09. The first-order chi connectivity index (χ1) is 14.0. The van der Waals surface area contributed by atoms with Crippen molar-refractivity contribution in [3.8, 4) is 11.5 Å². The summed E-state index contributed by atoms with van der Waals surface area (Å²) in [4.78, 5) is 24.5. The zero-order valence-corrected chi connectivity index (χ0v) is 16.4. The molecule has 3 aromatic rings. The van der Waals surface area contributed by atoms with Crippen LogP contribution in [0.4, 0.5) is 5.69 Å². The molecule has 0 spiro atoms. The maximum Gasteiger partial charge on any atom is 0.329 e. The van der Waals surface area contributed by atoms with Gasteiger partial charge in [-0.3, -0.25) is 9.59 Å². The molecule has 0 atom stereocenters. The lowest BCUT2D eigenvalue weighted by molar-refractivity contribution is -0.136. The van der Waals surface area contributed by atoms with Crippen LogP contribution in [0.3, 0.4) is 0 Å². The van der Waals surface area contributed by atoms with Gasteiger partial charge in [-0.25, -0.2) is 5.43 Å². The van der Waals surface area contributed by atoms with E-state index >= 15 is 0 Å². The lowest BCUT2D eigenvalue weighted by Gasteiger charge is -2.10. The fourth-order valence-corrected chi connectivity index (χ4v) is 2.86. The molecule has 0 saturated carbocycles. The average Bonchev–Trinajstić information content (AvgIpc) is 2.76. The lowest BCUT2D eigenvalue weighted by atomic mass is 10.1. The molecular weight excluding hydrogens is 370 g/mol. The second-order valence-corrected chi connectivity index (χ2v) is 6.19. The van der Waals surface area contributed by atoms with Crippen molar-refractivity contribution in [2.24, 2.45) is 5.10 Å². The normalized spacial score (nSPS) is 11.1. The molecule has 0 fully saturated rings. The molecule has 0 aliphatic carbocycles. The number of nitrogens with one attached hydrogen (secondary N) is 2. The first-order valence-electron chi connectivity index (χ1n) is 8.89. The number of amides is 2. The Balaban J connectivity index is 1.72. The third-order valence-corrected chi connectivity index (χ3v) is 4.37. The van der Waals surface area contributed by atoms with Gasteiger partial charge in [0.25, 0.3) is 0 Å². The summed E-state index contributed by atoms with van der Waals surface area (Å²) in [6, 6.07) is 18.3. The minimum Gasteiger partial charge on any atom is -0.497 e. The van der Waals surface area contributed by atoms with Crippen molar-refractivity contribution in [2.45, 2.75) is 6.92 Å². The van der Waals surface area contributed by atoms with Gasteiger partial charge in [0.2, 0.25) is 0 Å². The SMILES string of the molecule is COc1ccc(/C(C)=N/NC(=O)C(=O)Nc2cccc3ccccc23)c(OC)c1. The molecule has 3 aromatic carbocycles. The Morgan fingerprint density at radius 3 is 2.41 bits per heavy atom. The van der Waals surface area contributed by atoms with Gasteiger partial charge in [-0.15, -0.1) is 0 Å². The van der Waals surface area contributed by atoms with E-state index in [1.807, 2.05) is 36.4 Å². The van der Waals surface area contributed by atoms with Crippen molar-refractivity contribution >= 4 is 34.0 Å². The topological polar surface area (TPSA) is 89.0 Å². The smallest absolute Gasteiger partial charge is 0.329 e. The molecule has 0 aromatic heterocycles. The van der Waals surface area contributed by atoms with Crippen molar-refractivity contribution in [3.05, 3.63) is 66.2 Å². The van der Waals surface area contributed by atoms with Gasteiger partial charge in [-0.2, -0.15) is 5.10 Å². The van der Waals surface area contributed by atoms with Crippen LogP contribution < -0.4 is 20.2 Å². The first-order valence-corrected chi connectivity index (χ1v) is 8.89. The molecule has 0 saturated heterocycles. The van der Waals surface area contributed by atoms with Crippen LogP contribution in [0.25, 0.3) is 10.8 Å². The van der Waals surface area contributed by atoms with Crippen LogP contribution >= 0.6 is 0 Å². The number of fused-ring (bicyclic) bond motifs is 1. The van der Waals surface area contributed by atoms with Crippen LogP contribution in [0.1, 0.15) is 12.5 Å². The minimum atomic E-state index is -0.871. The zero-order valence-electron chi connectivity index (χ0n) is 16.4. The molecule has 7 heteroatoms. The highest BCUT2D eigenvalue weighted by atomic mass is 16.5. The van der Waals surface area contributed by atoms with E-state index in [4.69, 9.17) is 9.47 Å². The van der Waals surface area contributed by atoms with Crippen LogP contribution in [0, 0.1) is 0 Å². The predicted octanol–water partition coefficient (Wildman–Crippen LogP) is 3.34. The molecule has 0 aliphatic heterocycles. The van der Waals surface area contributed by atoms with E-state index in [2.05, 4.69) is 15.8 Å². The van der Waals surface area contributed by atoms with Gasteiger partial charge in [0.15, 0.2) is 0 Å². The van der Waals surface area contributed by atoms with Gasteiger partial charge >= 0.3 is 11.8 Å². The van der Waals surface area contributed by atoms with Crippen molar-refractivity contribution in [1.29, 1.82) is 0 Å². The number of rotatable bonds is 5. The molecular formula is C22H21N3O4. The summed E-state index contributed by atoms with van der Waals surface area (Å²) in [6.45, 7) is 1.70. The summed E-state index contributed by atoms with van der Waals surface area (Å²) in [6.07, 6.45) is 0. The molecule has 148 valence electrons. The van der Waals surface area contributed by atoms with E-state index in [1.165, 1.54) is 7.11 Å². The first kappa shape index (κ1) is 19.9. The summed E-state index contributed by atoms with van der Waals surface area (Å²) in [7, 11) is 3.09. The Morgan fingerprint density at radius 2 is 1.66 bits per heavy atom. The zero-order chi connectivity index (χ0) is 20.8. The number of methoxy groups -OCH3 is 2. The Hall–Kier alpha value is -3.87. The quantitative estimate of drug-likeness (QED) is 0.397. The fourth-order valence-electron chi connectivity index (χ4n) is 2.86. The fraction of sp³-hybridized carbons (Fsp3) is 0.136. The summed E-state index contributed by atoms with van der Waals surface area (Å²) < 4.78 is 10.5. The van der Waals surface area contributed by atoms with Crippen LogP contribution in [-0.2, 0) is 9.59 Å². The van der Waals surface area contributed by atoms with Gasteiger partial charge in [0.1, 0.15) is 11.5 Å². The monoisotopic (exact) mass is 391 g/mol. The number of hydrogen-bond donors (Lipinski definition) is 2. The number of hydrazone groups is 1. The second kappa shape index (κ2) is 8.88. The second-order valence-electron chi connectivity index (χ2n) is 6.19. The van der Waals surface area contributed by atoms with E-state index in [1.54, 1.807) is 38.3 Å². The highest BCUT2D eigenvalue weighted by molar-refractivity contribution is 6.40. The van der Waals surface area contributed by atoms with Crippen molar-refractivity contribution in [2.75, 3.05) is 19.5 Å². The average molecular weight is 391 g/mol. The molecule has 7 nitrogen and oxygen atoms in total. The molecule has 0 bridgehead atoms. The number of ether oxygens (including phenoxy) is 2. The summed E-state index contributed by atoms with van der Waals surface area (Å²) in [5.74, 6) is -0.499. The number of anilines is 1. The highest BCUT2D eigenvalue weighted by Crippen LogP contribution is 2.25. The molecule has 2 amide bonds. The largest absolute Gasteiger partial charge is 0.497 e. The molecule has 3 rings (SSSR count). The molecule has 0 aliphatic rings. The maximum atomic E-state index is 12.3. The molecule has 2 N–H and O–H groups in total. The van der Waals surface area contributed by atoms with E-state index in [9.17, 15) is 9.59 Å². The number of hydrogen-bond acceptors (Lipinski definition) is 5. The van der Waals surface area contributed by atoms with E-state index in [-0.39, 0.29) is 0 Å². The standard InChI is InChI=1S/C22H21N3O4/c1-14(17-12-11-16(28-2)13-20(17)29-3)24-25-22(27)21(26)23-19-10-6-8-15-7-4-5-9-18(15)19/h4-13H,1-3H3,(H,23,26)(H,25,27)/b24-14+. The Morgan fingerprint density at radius 1 is 0.897 bits per heavy atom. The van der Waals surface area contributed by atoms with Crippen molar-refractivity contribution in [1.82, 2.24) is 5.43 Å². The van der Waals surface area contributed by atoms with E-state index in [0.717, 1.165) is 10.8 Å². The Bertz CT molecular complexity index is 1090. The third kappa shape index (κ3) is 4.52. The summed E-state index contributed by atoms with van der Waals surface area (Å²) >= 11 is 0. The van der Waals surface area contributed by atoms with Crippen LogP contribution in [0.15, 0.2) is 65.8 Å².